The van der Waals surface area contributed by atoms with E-state index < -0.39 is 5.54 Å². The van der Waals surface area contributed by atoms with Gasteiger partial charge in [0.2, 0.25) is 0 Å². The molecular formula is C16H22ClNO2. The lowest BCUT2D eigenvalue weighted by Gasteiger charge is -2.31. The van der Waals surface area contributed by atoms with Crippen molar-refractivity contribution in [3.63, 3.8) is 0 Å². The Morgan fingerprint density at radius 1 is 1.35 bits per heavy atom. The molecule has 1 unspecified atom stereocenters. The Hall–Kier alpha value is -1.06. The van der Waals surface area contributed by atoms with Crippen LogP contribution in [0.3, 0.4) is 0 Å². The van der Waals surface area contributed by atoms with Crippen molar-refractivity contribution in [2.45, 2.75) is 50.6 Å². The lowest BCUT2D eigenvalue weighted by atomic mass is 9.91. The van der Waals surface area contributed by atoms with Gasteiger partial charge in [-0.15, -0.1) is 0 Å². The topological polar surface area (TPSA) is 38.3 Å². The zero-order valence-electron chi connectivity index (χ0n) is 12.1. The van der Waals surface area contributed by atoms with E-state index in [9.17, 15) is 4.79 Å². The molecule has 0 amide bonds. The third kappa shape index (κ3) is 3.74. The van der Waals surface area contributed by atoms with Gasteiger partial charge in [0.05, 0.1) is 7.11 Å². The second-order valence-corrected chi connectivity index (χ2v) is 6.19. The summed E-state index contributed by atoms with van der Waals surface area (Å²) in [5.41, 5.74) is 0.394. The smallest absolute Gasteiger partial charge is 0.326 e. The van der Waals surface area contributed by atoms with Crippen LogP contribution in [0.4, 0.5) is 0 Å². The number of hydrogen-bond donors (Lipinski definition) is 1. The van der Waals surface area contributed by atoms with Crippen LogP contribution < -0.4 is 5.32 Å². The Morgan fingerprint density at radius 2 is 1.95 bits per heavy atom. The van der Waals surface area contributed by atoms with Crippen LogP contribution in [0.5, 0.6) is 0 Å². The first-order valence-corrected chi connectivity index (χ1v) is 7.52. The lowest BCUT2D eigenvalue weighted by molar-refractivity contribution is -0.148. The highest BCUT2D eigenvalue weighted by atomic mass is 35.5. The number of carbonyl (C=O) groups excluding carboxylic acids is 1. The summed E-state index contributed by atoms with van der Waals surface area (Å²) in [6.07, 6.45) is 5.33. The van der Waals surface area contributed by atoms with Crippen LogP contribution in [0.1, 0.15) is 38.2 Å². The van der Waals surface area contributed by atoms with Gasteiger partial charge < -0.3 is 4.74 Å². The van der Waals surface area contributed by atoms with E-state index in [2.05, 4.69) is 5.32 Å². The number of carbonyl (C=O) groups is 1. The number of halogens is 1. The molecule has 2 rings (SSSR count). The van der Waals surface area contributed by atoms with E-state index in [1.54, 1.807) is 0 Å². The molecule has 1 saturated carbocycles. The van der Waals surface area contributed by atoms with Crippen LogP contribution >= 0.6 is 11.6 Å². The molecule has 1 aliphatic carbocycles. The van der Waals surface area contributed by atoms with Gasteiger partial charge in [0.15, 0.2) is 0 Å². The van der Waals surface area contributed by atoms with Crippen molar-refractivity contribution in [1.82, 2.24) is 5.32 Å². The summed E-state index contributed by atoms with van der Waals surface area (Å²) in [5, 5.41) is 4.20. The Bertz CT molecular complexity index is 454. The number of hydrogen-bond acceptors (Lipinski definition) is 3. The van der Waals surface area contributed by atoms with E-state index in [0.29, 0.717) is 17.5 Å². The molecule has 1 aliphatic rings. The Morgan fingerprint density at radius 3 is 2.50 bits per heavy atom. The standard InChI is InChI=1S/C16H22ClNO2/c1-16(15(19)20-2,18-14-5-3-4-6-14)11-12-7-9-13(17)10-8-12/h7-10,14,18H,3-6,11H2,1-2H3. The van der Waals surface area contributed by atoms with Crippen molar-refractivity contribution in [1.29, 1.82) is 0 Å². The number of ether oxygens (including phenoxy) is 1. The van der Waals surface area contributed by atoms with Crippen molar-refractivity contribution in [2.24, 2.45) is 0 Å². The molecule has 0 heterocycles. The second-order valence-electron chi connectivity index (χ2n) is 5.75. The van der Waals surface area contributed by atoms with Gasteiger partial charge in [-0.3, -0.25) is 10.1 Å². The summed E-state index contributed by atoms with van der Waals surface area (Å²) < 4.78 is 4.99. The van der Waals surface area contributed by atoms with Gasteiger partial charge in [-0.2, -0.15) is 0 Å². The van der Waals surface area contributed by atoms with E-state index in [-0.39, 0.29) is 5.97 Å². The Balaban J connectivity index is 2.13. The van der Waals surface area contributed by atoms with Crippen LogP contribution in [-0.4, -0.2) is 24.7 Å². The Kier molecular flexibility index (Phi) is 5.06. The third-order valence-corrected chi connectivity index (χ3v) is 4.24. The average molecular weight is 296 g/mol. The van der Waals surface area contributed by atoms with Crippen molar-refractivity contribution in [3.05, 3.63) is 34.9 Å². The predicted octanol–water partition coefficient (Wildman–Crippen LogP) is 3.35. The number of benzene rings is 1. The van der Waals surface area contributed by atoms with Crippen LogP contribution in [0.15, 0.2) is 24.3 Å². The number of nitrogens with one attached hydrogen (secondary N) is 1. The molecular weight excluding hydrogens is 274 g/mol. The average Bonchev–Trinajstić information content (AvgIpc) is 2.93. The summed E-state index contributed by atoms with van der Waals surface area (Å²) in [5.74, 6) is -0.209. The molecule has 0 radical (unpaired) electrons. The second kappa shape index (κ2) is 6.59. The maximum atomic E-state index is 12.2. The van der Waals surface area contributed by atoms with E-state index in [0.717, 1.165) is 18.4 Å². The predicted molar refractivity (Wildman–Crippen MR) is 81.0 cm³/mol. The van der Waals surface area contributed by atoms with Crippen LogP contribution in [-0.2, 0) is 16.0 Å². The molecule has 4 heteroatoms. The molecule has 0 aromatic heterocycles. The molecule has 0 saturated heterocycles. The largest absolute Gasteiger partial charge is 0.468 e. The minimum absolute atomic E-state index is 0.209. The molecule has 110 valence electrons. The fourth-order valence-electron chi connectivity index (χ4n) is 2.94. The fourth-order valence-corrected chi connectivity index (χ4v) is 3.06. The van der Waals surface area contributed by atoms with Gasteiger partial charge in [-0.1, -0.05) is 36.6 Å². The minimum Gasteiger partial charge on any atom is -0.468 e. The first-order valence-electron chi connectivity index (χ1n) is 7.14. The summed E-state index contributed by atoms with van der Waals surface area (Å²) in [7, 11) is 1.44. The normalized spacial score (nSPS) is 18.8. The zero-order valence-corrected chi connectivity index (χ0v) is 12.9. The van der Waals surface area contributed by atoms with Crippen molar-refractivity contribution in [2.75, 3.05) is 7.11 Å². The summed E-state index contributed by atoms with van der Waals surface area (Å²) in [6, 6.07) is 8.03. The first kappa shape index (κ1) is 15.3. The van der Waals surface area contributed by atoms with Gasteiger partial charge in [0, 0.05) is 17.5 Å². The van der Waals surface area contributed by atoms with Crippen molar-refractivity contribution < 1.29 is 9.53 Å². The molecule has 1 aromatic carbocycles. The van der Waals surface area contributed by atoms with Crippen molar-refractivity contribution in [3.8, 4) is 0 Å². The monoisotopic (exact) mass is 295 g/mol. The molecule has 1 fully saturated rings. The zero-order chi connectivity index (χ0) is 14.6. The SMILES string of the molecule is COC(=O)C(C)(Cc1ccc(Cl)cc1)NC1CCCC1. The Labute approximate surface area is 125 Å². The molecule has 0 aliphatic heterocycles. The van der Waals surface area contributed by atoms with E-state index in [1.165, 1.54) is 20.0 Å². The maximum absolute atomic E-state index is 12.2. The number of methoxy groups -OCH3 is 1. The highest BCUT2D eigenvalue weighted by Gasteiger charge is 2.37. The molecule has 0 bridgehead atoms. The minimum atomic E-state index is -0.683. The first-order chi connectivity index (χ1) is 9.53. The van der Waals surface area contributed by atoms with E-state index in [1.807, 2.05) is 31.2 Å². The van der Waals surface area contributed by atoms with Gasteiger partial charge >= 0.3 is 5.97 Å². The quantitative estimate of drug-likeness (QED) is 0.847. The summed E-state index contributed by atoms with van der Waals surface area (Å²) >= 11 is 5.90. The van der Waals surface area contributed by atoms with Gasteiger partial charge in [-0.25, -0.2) is 0 Å². The van der Waals surface area contributed by atoms with Gasteiger partial charge in [-0.05, 0) is 37.5 Å². The highest BCUT2D eigenvalue weighted by Crippen LogP contribution is 2.24. The molecule has 20 heavy (non-hydrogen) atoms. The van der Waals surface area contributed by atoms with Crippen LogP contribution in [0.25, 0.3) is 0 Å². The van der Waals surface area contributed by atoms with E-state index >= 15 is 0 Å². The number of esters is 1. The molecule has 1 aromatic rings. The third-order valence-electron chi connectivity index (χ3n) is 3.98. The van der Waals surface area contributed by atoms with Crippen LogP contribution in [0, 0.1) is 0 Å². The summed E-state index contributed by atoms with van der Waals surface area (Å²) in [6.45, 7) is 1.92. The lowest BCUT2D eigenvalue weighted by Crippen LogP contribution is -2.55. The van der Waals surface area contributed by atoms with E-state index in [4.69, 9.17) is 16.3 Å². The van der Waals surface area contributed by atoms with Crippen LogP contribution in [0.2, 0.25) is 5.02 Å². The molecule has 1 atom stereocenters. The number of rotatable bonds is 5. The molecule has 0 spiro atoms. The van der Waals surface area contributed by atoms with Gasteiger partial charge in [0.25, 0.3) is 0 Å². The summed E-state index contributed by atoms with van der Waals surface area (Å²) in [4.78, 5) is 12.2. The molecule has 1 N–H and O–H groups in total. The highest BCUT2D eigenvalue weighted by molar-refractivity contribution is 6.30. The van der Waals surface area contributed by atoms with Gasteiger partial charge in [0.1, 0.15) is 5.54 Å². The fraction of sp³-hybridized carbons (Fsp3) is 0.562. The van der Waals surface area contributed by atoms with Crippen molar-refractivity contribution >= 4 is 17.6 Å². The molecule has 3 nitrogen and oxygen atoms in total. The maximum Gasteiger partial charge on any atom is 0.326 e.